The minimum atomic E-state index is -0.249. The summed E-state index contributed by atoms with van der Waals surface area (Å²) >= 11 is 18.4. The molecule has 2 N–H and O–H groups in total. The summed E-state index contributed by atoms with van der Waals surface area (Å²) in [6, 6.07) is 12.8. The minimum Gasteiger partial charge on any atom is -0.337 e. The number of carbonyl (C=O) groups excluding carboxylic acids is 1. The molecule has 5 nitrogen and oxygen atoms in total. The zero-order chi connectivity index (χ0) is 21.1. The fourth-order valence-corrected chi connectivity index (χ4v) is 4.15. The van der Waals surface area contributed by atoms with Crippen molar-refractivity contribution in [2.45, 2.75) is 25.7 Å². The van der Waals surface area contributed by atoms with Gasteiger partial charge in [-0.05, 0) is 42.7 Å². The van der Waals surface area contributed by atoms with Crippen LogP contribution < -0.4 is 5.43 Å². The largest absolute Gasteiger partial charge is 0.337 e. The number of nitrogens with zero attached hydrogens (tertiary/aromatic N) is 2. The molecule has 3 aromatic rings. The van der Waals surface area contributed by atoms with Gasteiger partial charge in [0.15, 0.2) is 5.82 Å². The number of hydrogen-bond acceptors (Lipinski definition) is 3. The Labute approximate surface area is 190 Å². The van der Waals surface area contributed by atoms with Gasteiger partial charge in [0, 0.05) is 45.8 Å². The Hall–Kier alpha value is -2.05. The molecule has 1 aromatic heterocycles. The molecule has 2 aromatic carbocycles. The molecule has 0 aliphatic carbocycles. The van der Waals surface area contributed by atoms with Gasteiger partial charge < -0.3 is 4.98 Å². The third-order valence-corrected chi connectivity index (χ3v) is 5.95. The Kier molecular flexibility index (Phi) is 6.64. The van der Waals surface area contributed by atoms with Gasteiger partial charge in [0.2, 0.25) is 0 Å². The maximum absolute atomic E-state index is 12.8. The first-order chi connectivity index (χ1) is 14.5. The number of H-pyrrole nitrogens is 1. The molecule has 0 atom stereocenters. The average Bonchev–Trinajstić information content (AvgIpc) is 3.15. The van der Waals surface area contributed by atoms with Crippen molar-refractivity contribution < 1.29 is 4.79 Å². The van der Waals surface area contributed by atoms with Gasteiger partial charge in [-0.25, -0.2) is 9.99 Å². The van der Waals surface area contributed by atoms with Gasteiger partial charge in [-0.1, -0.05) is 59.4 Å². The lowest BCUT2D eigenvalue weighted by Gasteiger charge is -2.26. The molecule has 156 valence electrons. The van der Waals surface area contributed by atoms with Crippen LogP contribution in [0.3, 0.4) is 0 Å². The standard InChI is InChI=1S/C22H21Cl3N4O/c23-16-7-4-14(5-8-16)20-19(12-15-6-9-17(24)13-18(15)25)26-21(27-20)22(30)28-29-10-2-1-3-11-29/h4-9,13H,1-3,10-12H2,(H,26,27)(H,28,30). The van der Waals surface area contributed by atoms with Crippen molar-refractivity contribution in [3.05, 3.63) is 74.6 Å². The number of aromatic amines is 1. The van der Waals surface area contributed by atoms with Gasteiger partial charge in [0.25, 0.3) is 0 Å². The number of aromatic nitrogens is 2. The Bertz CT molecular complexity index is 1040. The first-order valence-electron chi connectivity index (χ1n) is 9.84. The van der Waals surface area contributed by atoms with Crippen LogP contribution in [0.4, 0.5) is 0 Å². The molecule has 4 rings (SSSR count). The lowest BCUT2D eigenvalue weighted by atomic mass is 10.0. The van der Waals surface area contributed by atoms with E-state index in [-0.39, 0.29) is 11.7 Å². The van der Waals surface area contributed by atoms with Crippen molar-refractivity contribution in [1.82, 2.24) is 20.4 Å². The van der Waals surface area contributed by atoms with E-state index < -0.39 is 0 Å². The average molecular weight is 464 g/mol. The second-order valence-electron chi connectivity index (χ2n) is 7.32. The molecule has 1 aliphatic heterocycles. The predicted octanol–water partition coefficient (Wildman–Crippen LogP) is 5.76. The predicted molar refractivity (Wildman–Crippen MR) is 121 cm³/mol. The minimum absolute atomic E-state index is 0.249. The van der Waals surface area contributed by atoms with E-state index in [9.17, 15) is 4.79 Å². The van der Waals surface area contributed by atoms with E-state index in [0.717, 1.165) is 42.8 Å². The number of hydrazine groups is 1. The molecule has 2 heterocycles. The van der Waals surface area contributed by atoms with Gasteiger partial charge in [-0.15, -0.1) is 0 Å². The van der Waals surface area contributed by atoms with Gasteiger partial charge in [-0.2, -0.15) is 0 Å². The molecule has 0 unspecified atom stereocenters. The number of piperidine rings is 1. The fourth-order valence-electron chi connectivity index (χ4n) is 3.55. The first kappa shape index (κ1) is 21.2. The van der Waals surface area contributed by atoms with Crippen molar-refractivity contribution in [1.29, 1.82) is 0 Å². The van der Waals surface area contributed by atoms with Crippen LogP contribution in [0.1, 0.15) is 41.1 Å². The molecular formula is C22H21Cl3N4O. The van der Waals surface area contributed by atoms with E-state index in [1.54, 1.807) is 24.3 Å². The summed E-state index contributed by atoms with van der Waals surface area (Å²) in [5.41, 5.74) is 6.21. The smallest absolute Gasteiger partial charge is 0.301 e. The number of amides is 1. The van der Waals surface area contributed by atoms with Crippen molar-refractivity contribution in [2.75, 3.05) is 13.1 Å². The molecule has 0 saturated carbocycles. The van der Waals surface area contributed by atoms with E-state index in [1.807, 2.05) is 23.2 Å². The number of imidazole rings is 1. The summed E-state index contributed by atoms with van der Waals surface area (Å²) in [7, 11) is 0. The fraction of sp³-hybridized carbons (Fsp3) is 0.273. The zero-order valence-electron chi connectivity index (χ0n) is 16.2. The van der Waals surface area contributed by atoms with Crippen molar-refractivity contribution >= 4 is 40.7 Å². The monoisotopic (exact) mass is 462 g/mol. The third-order valence-electron chi connectivity index (χ3n) is 5.11. The highest BCUT2D eigenvalue weighted by molar-refractivity contribution is 6.35. The van der Waals surface area contributed by atoms with Crippen LogP contribution in [0.15, 0.2) is 42.5 Å². The maximum Gasteiger partial charge on any atom is 0.301 e. The quantitative estimate of drug-likeness (QED) is 0.506. The molecule has 1 amide bonds. The van der Waals surface area contributed by atoms with Crippen molar-refractivity contribution in [3.8, 4) is 11.3 Å². The molecule has 0 bridgehead atoms. The number of halogens is 3. The number of benzene rings is 2. The Balaban J connectivity index is 1.65. The lowest BCUT2D eigenvalue weighted by molar-refractivity contribution is 0.0740. The third kappa shape index (κ3) is 4.98. The molecular weight excluding hydrogens is 443 g/mol. The summed E-state index contributed by atoms with van der Waals surface area (Å²) in [6.45, 7) is 1.70. The summed E-state index contributed by atoms with van der Waals surface area (Å²) in [5.74, 6) is 0.0196. The Morgan fingerprint density at radius 2 is 1.70 bits per heavy atom. The molecule has 30 heavy (non-hydrogen) atoms. The van der Waals surface area contributed by atoms with Crippen molar-refractivity contribution in [3.63, 3.8) is 0 Å². The Morgan fingerprint density at radius 1 is 1.00 bits per heavy atom. The van der Waals surface area contributed by atoms with Crippen LogP contribution >= 0.6 is 34.8 Å². The Morgan fingerprint density at radius 3 is 2.40 bits per heavy atom. The number of rotatable bonds is 5. The van der Waals surface area contributed by atoms with Crippen LogP contribution in [0.25, 0.3) is 11.3 Å². The summed E-state index contributed by atoms with van der Waals surface area (Å²) < 4.78 is 0. The number of carbonyl (C=O) groups is 1. The van der Waals surface area contributed by atoms with Gasteiger partial charge >= 0.3 is 5.91 Å². The van der Waals surface area contributed by atoms with E-state index in [1.165, 1.54) is 6.42 Å². The molecule has 8 heteroatoms. The molecule has 1 fully saturated rings. The lowest BCUT2D eigenvalue weighted by Crippen LogP contribution is -2.45. The van der Waals surface area contributed by atoms with Crippen molar-refractivity contribution in [2.24, 2.45) is 0 Å². The van der Waals surface area contributed by atoms with Crippen LogP contribution in [0.5, 0.6) is 0 Å². The van der Waals surface area contributed by atoms with E-state index in [2.05, 4.69) is 15.4 Å². The summed E-state index contributed by atoms with van der Waals surface area (Å²) in [4.78, 5) is 20.6. The normalized spacial score (nSPS) is 14.6. The highest BCUT2D eigenvalue weighted by atomic mass is 35.5. The number of hydrogen-bond donors (Lipinski definition) is 2. The van der Waals surface area contributed by atoms with Crippen LogP contribution in [0.2, 0.25) is 15.1 Å². The zero-order valence-corrected chi connectivity index (χ0v) is 18.5. The first-order valence-corrected chi connectivity index (χ1v) is 11.0. The molecule has 0 radical (unpaired) electrons. The molecule has 1 saturated heterocycles. The van der Waals surface area contributed by atoms with E-state index in [4.69, 9.17) is 34.8 Å². The molecule has 1 aliphatic rings. The SMILES string of the molecule is O=C(NN1CCCCC1)c1nc(-c2ccc(Cl)cc2)c(Cc2ccc(Cl)cc2Cl)[nH]1. The number of nitrogens with one attached hydrogen (secondary N) is 2. The highest BCUT2D eigenvalue weighted by Gasteiger charge is 2.21. The second kappa shape index (κ2) is 9.40. The summed E-state index contributed by atoms with van der Waals surface area (Å²) in [6.07, 6.45) is 3.83. The molecule has 0 spiro atoms. The maximum atomic E-state index is 12.8. The van der Waals surface area contributed by atoms with Crippen LogP contribution in [0, 0.1) is 0 Å². The van der Waals surface area contributed by atoms with Gasteiger partial charge in [0.1, 0.15) is 0 Å². The van der Waals surface area contributed by atoms with Gasteiger partial charge in [-0.3, -0.25) is 10.2 Å². The van der Waals surface area contributed by atoms with Crippen LogP contribution in [-0.4, -0.2) is 34.0 Å². The van der Waals surface area contributed by atoms with E-state index >= 15 is 0 Å². The highest BCUT2D eigenvalue weighted by Crippen LogP contribution is 2.28. The second-order valence-corrected chi connectivity index (χ2v) is 8.60. The summed E-state index contributed by atoms with van der Waals surface area (Å²) in [5, 5.41) is 3.73. The van der Waals surface area contributed by atoms with Gasteiger partial charge in [0.05, 0.1) is 5.69 Å². The van der Waals surface area contributed by atoms with E-state index in [0.29, 0.717) is 27.2 Å². The van der Waals surface area contributed by atoms with Crippen LogP contribution in [-0.2, 0) is 6.42 Å². The topological polar surface area (TPSA) is 61.0 Å².